The number of para-hydroxylation sites is 1. The van der Waals surface area contributed by atoms with Gasteiger partial charge in [-0.15, -0.1) is 0 Å². The van der Waals surface area contributed by atoms with Gasteiger partial charge >= 0.3 is 0 Å². The Balaban J connectivity index is 1.36. The van der Waals surface area contributed by atoms with Crippen LogP contribution in [0.4, 0.5) is 17.1 Å². The van der Waals surface area contributed by atoms with Crippen molar-refractivity contribution in [2.45, 2.75) is 36.6 Å². The maximum Gasteiger partial charge on any atom is 0.289 e. The molecule has 0 radical (unpaired) electrons. The van der Waals surface area contributed by atoms with Gasteiger partial charge in [-0.1, -0.05) is 48.9 Å². The average Bonchev–Trinajstić information content (AvgIpc) is 3.24. The van der Waals surface area contributed by atoms with Gasteiger partial charge in [0.15, 0.2) is 0 Å². The van der Waals surface area contributed by atoms with E-state index in [1.807, 2.05) is 66.4 Å². The van der Waals surface area contributed by atoms with Crippen LogP contribution in [0.15, 0.2) is 77.7 Å². The molecule has 3 aromatic rings. The van der Waals surface area contributed by atoms with Gasteiger partial charge in [-0.25, -0.2) is 8.42 Å². The highest BCUT2D eigenvalue weighted by Gasteiger charge is 2.55. The summed E-state index contributed by atoms with van der Waals surface area (Å²) >= 11 is 5.88. The molecule has 220 valence electrons. The van der Waals surface area contributed by atoms with Gasteiger partial charge in [0.1, 0.15) is 17.1 Å². The van der Waals surface area contributed by atoms with Gasteiger partial charge < -0.3 is 15.1 Å². The van der Waals surface area contributed by atoms with E-state index in [4.69, 9.17) is 11.6 Å². The quantitative estimate of drug-likeness (QED) is 0.297. The van der Waals surface area contributed by atoms with Gasteiger partial charge in [-0.2, -0.15) is 4.31 Å². The smallest absolute Gasteiger partial charge is 0.289 e. The molecule has 0 saturated carbocycles. The molecule has 0 aliphatic carbocycles. The highest BCUT2D eigenvalue weighted by molar-refractivity contribution is 7.89. The van der Waals surface area contributed by atoms with E-state index in [0.29, 0.717) is 5.69 Å². The molecule has 5 rings (SSSR count). The zero-order valence-corrected chi connectivity index (χ0v) is 24.5. The fourth-order valence-electron chi connectivity index (χ4n) is 5.56. The summed E-state index contributed by atoms with van der Waals surface area (Å²) in [6.45, 7) is 2.08. The highest BCUT2D eigenvalue weighted by Crippen LogP contribution is 2.41. The predicted molar refractivity (Wildman–Crippen MR) is 159 cm³/mol. The number of halogens is 1. The molecule has 0 unspecified atom stereocenters. The van der Waals surface area contributed by atoms with Crippen molar-refractivity contribution >= 4 is 50.5 Å². The zero-order valence-electron chi connectivity index (χ0n) is 22.9. The maximum atomic E-state index is 14.0. The summed E-state index contributed by atoms with van der Waals surface area (Å²) in [5, 5.41) is 14.0. The fourth-order valence-corrected chi connectivity index (χ4v) is 7.21. The molecule has 1 N–H and O–H groups in total. The summed E-state index contributed by atoms with van der Waals surface area (Å²) in [5.41, 5.74) is 1.02. The molecule has 2 fully saturated rings. The molecule has 0 atom stereocenters. The fraction of sp³-hybridized carbons (Fsp3) is 0.310. The highest BCUT2D eigenvalue weighted by atomic mass is 35.5. The second kappa shape index (κ2) is 11.7. The van der Waals surface area contributed by atoms with Gasteiger partial charge in [0.25, 0.3) is 5.69 Å². The number of nitro groups is 1. The van der Waals surface area contributed by atoms with Gasteiger partial charge in [0.2, 0.25) is 21.8 Å². The number of anilines is 2. The van der Waals surface area contributed by atoms with Crippen LogP contribution in [0, 0.1) is 10.1 Å². The minimum Gasteiger partial charge on any atom is -0.339 e. The van der Waals surface area contributed by atoms with Crippen LogP contribution >= 0.6 is 11.6 Å². The monoisotopic (exact) mass is 611 g/mol. The number of nitrogens with zero attached hydrogens (tertiary/aromatic N) is 4. The molecule has 3 aromatic carbocycles. The van der Waals surface area contributed by atoms with Crippen molar-refractivity contribution < 1.29 is 22.9 Å². The molecule has 2 heterocycles. The minimum atomic E-state index is -4.09. The van der Waals surface area contributed by atoms with Crippen molar-refractivity contribution in [3.05, 3.63) is 93.5 Å². The van der Waals surface area contributed by atoms with E-state index >= 15 is 0 Å². The lowest BCUT2D eigenvalue weighted by atomic mass is 9.86. The number of aryl methyl sites for hydroxylation is 1. The van der Waals surface area contributed by atoms with Gasteiger partial charge in [-0.05, 0) is 61.2 Å². The maximum absolute atomic E-state index is 14.0. The first-order chi connectivity index (χ1) is 20.0. The molecule has 2 aliphatic heterocycles. The van der Waals surface area contributed by atoms with E-state index in [9.17, 15) is 28.1 Å². The summed E-state index contributed by atoms with van der Waals surface area (Å²) in [6, 6.07) is 20.2. The number of rotatable bonds is 8. The van der Waals surface area contributed by atoms with Crippen LogP contribution in [0.2, 0.25) is 5.02 Å². The summed E-state index contributed by atoms with van der Waals surface area (Å²) in [6.07, 6.45) is 1.23. The lowest BCUT2D eigenvalue weighted by Gasteiger charge is -2.42. The van der Waals surface area contributed by atoms with Gasteiger partial charge in [0, 0.05) is 30.5 Å². The first-order valence-corrected chi connectivity index (χ1v) is 15.3. The van der Waals surface area contributed by atoms with E-state index in [1.54, 1.807) is 0 Å². The normalized spacial score (nSPS) is 17.0. The number of nitro benzene ring substituents is 1. The first kappa shape index (κ1) is 29.5. The van der Waals surface area contributed by atoms with Crippen molar-refractivity contribution in [1.29, 1.82) is 0 Å². The number of sulfonamides is 1. The van der Waals surface area contributed by atoms with Crippen LogP contribution in [0.5, 0.6) is 0 Å². The number of amides is 2. The van der Waals surface area contributed by atoms with Gasteiger partial charge in [-0.3, -0.25) is 19.7 Å². The average molecular weight is 612 g/mol. The molecule has 0 aromatic heterocycles. The number of hydrogen-bond acceptors (Lipinski definition) is 7. The standard InChI is InChI=1S/C29H30ClN5O6S/c1-2-21-8-10-22(11-9-21)31-27(36)19-32-20-34(23-6-4-3-5-7-23)29(28(32)37)14-16-33(17-15-29)42(40,41)24-12-13-25(30)26(18-24)35(38)39/h3-13,18H,2,14-17,19-20H2,1H3,(H,31,36). The van der Waals surface area contributed by atoms with Crippen LogP contribution in [0.3, 0.4) is 0 Å². The molecule has 2 aliphatic rings. The lowest BCUT2D eigenvalue weighted by molar-refractivity contribution is -0.384. The summed E-state index contributed by atoms with van der Waals surface area (Å²) in [4.78, 5) is 40.7. The number of nitrogens with one attached hydrogen (secondary N) is 1. The Hall–Kier alpha value is -4.00. The summed E-state index contributed by atoms with van der Waals surface area (Å²) < 4.78 is 28.1. The molecular formula is C29H30ClN5O6S. The summed E-state index contributed by atoms with van der Waals surface area (Å²) in [5.74, 6) is -0.580. The molecule has 2 saturated heterocycles. The van der Waals surface area contributed by atoms with Crippen molar-refractivity contribution in [3.63, 3.8) is 0 Å². The Morgan fingerprint density at radius 3 is 2.33 bits per heavy atom. The molecular weight excluding hydrogens is 582 g/mol. The number of benzene rings is 3. The lowest BCUT2D eigenvalue weighted by Crippen LogP contribution is -2.57. The SMILES string of the molecule is CCc1ccc(NC(=O)CN2CN(c3ccccc3)C3(CCN(S(=O)(=O)c4ccc(Cl)c([N+](=O)[O-])c4)CC3)C2=O)cc1. The first-order valence-electron chi connectivity index (χ1n) is 13.5. The van der Waals surface area contributed by atoms with Crippen molar-refractivity contribution in [3.8, 4) is 0 Å². The largest absolute Gasteiger partial charge is 0.339 e. The Bertz CT molecular complexity index is 1610. The third-order valence-corrected chi connectivity index (χ3v) is 10.1. The topological polar surface area (TPSA) is 133 Å². The predicted octanol–water partition coefficient (Wildman–Crippen LogP) is 4.28. The molecule has 11 nitrogen and oxygen atoms in total. The van der Waals surface area contributed by atoms with Crippen LogP contribution in [0.1, 0.15) is 25.3 Å². The van der Waals surface area contributed by atoms with Crippen LogP contribution in [0.25, 0.3) is 0 Å². The van der Waals surface area contributed by atoms with Crippen LogP contribution in [-0.4, -0.2) is 66.2 Å². The van der Waals surface area contributed by atoms with Gasteiger partial charge in [0.05, 0.1) is 16.5 Å². The van der Waals surface area contributed by atoms with E-state index in [1.165, 1.54) is 21.3 Å². The molecule has 2 amide bonds. The number of carbonyl (C=O) groups excluding carboxylic acids is 2. The van der Waals surface area contributed by atoms with Crippen molar-refractivity contribution in [2.75, 3.05) is 36.5 Å². The Labute approximate surface area is 248 Å². The third kappa shape index (κ3) is 5.57. The number of carbonyl (C=O) groups is 2. The van der Waals surface area contributed by atoms with E-state index in [-0.39, 0.29) is 60.9 Å². The van der Waals surface area contributed by atoms with Crippen LogP contribution in [-0.2, 0) is 26.0 Å². The Morgan fingerprint density at radius 1 is 1.05 bits per heavy atom. The van der Waals surface area contributed by atoms with Crippen molar-refractivity contribution in [1.82, 2.24) is 9.21 Å². The van der Waals surface area contributed by atoms with E-state index in [0.717, 1.165) is 23.7 Å². The van der Waals surface area contributed by atoms with E-state index < -0.39 is 26.2 Å². The van der Waals surface area contributed by atoms with Crippen molar-refractivity contribution in [2.24, 2.45) is 0 Å². The second-order valence-corrected chi connectivity index (χ2v) is 12.7. The minimum absolute atomic E-state index is 0.0116. The molecule has 13 heteroatoms. The molecule has 0 bridgehead atoms. The summed E-state index contributed by atoms with van der Waals surface area (Å²) in [7, 11) is -4.09. The van der Waals surface area contributed by atoms with Crippen LogP contribution < -0.4 is 10.2 Å². The third-order valence-electron chi connectivity index (χ3n) is 7.86. The molecule has 1 spiro atoms. The van der Waals surface area contributed by atoms with E-state index in [2.05, 4.69) is 5.32 Å². The Morgan fingerprint density at radius 2 is 1.71 bits per heavy atom. The number of hydrogen-bond donors (Lipinski definition) is 1. The second-order valence-electron chi connectivity index (χ2n) is 10.3. The zero-order chi connectivity index (χ0) is 30.1. The molecule has 42 heavy (non-hydrogen) atoms. The number of piperidine rings is 1. The Kier molecular flexibility index (Phi) is 8.22.